The molecule has 15 heavy (non-hydrogen) atoms. The van der Waals surface area contributed by atoms with E-state index in [1.54, 1.807) is 24.4 Å². The molecule has 1 N–H and O–H groups in total. The molecule has 0 amide bonds. The van der Waals surface area contributed by atoms with Gasteiger partial charge in [0, 0.05) is 6.20 Å². The summed E-state index contributed by atoms with van der Waals surface area (Å²) in [5.41, 5.74) is 0. The molecule has 4 nitrogen and oxygen atoms in total. The summed E-state index contributed by atoms with van der Waals surface area (Å²) < 4.78 is 9.74. The molecule has 0 saturated carbocycles. The summed E-state index contributed by atoms with van der Waals surface area (Å²) in [5, 5.41) is 2.80. The summed E-state index contributed by atoms with van der Waals surface area (Å²) in [6, 6.07) is 0. The fourth-order valence-electron chi connectivity index (χ4n) is 0.924. The minimum Gasteiger partial charge on any atom is -0.434 e. The number of ether oxygens (including phenoxy) is 2. The van der Waals surface area contributed by atoms with Gasteiger partial charge < -0.3 is 14.8 Å². The van der Waals surface area contributed by atoms with Crippen molar-refractivity contribution in [3.05, 3.63) is 36.4 Å². The normalized spacial score (nSPS) is 13.8. The first kappa shape index (κ1) is 11.4. The van der Waals surface area contributed by atoms with Crippen molar-refractivity contribution in [2.24, 2.45) is 0 Å². The van der Waals surface area contributed by atoms with Crippen molar-refractivity contribution >= 4 is 6.16 Å². The summed E-state index contributed by atoms with van der Waals surface area (Å²) in [4.78, 5) is 11.1. The van der Waals surface area contributed by atoms with Gasteiger partial charge in [0.2, 0.25) is 5.88 Å². The molecular weight excluding hydrogens is 194 g/mol. The second-order valence-corrected chi connectivity index (χ2v) is 2.97. The maximum absolute atomic E-state index is 11.1. The van der Waals surface area contributed by atoms with E-state index < -0.39 is 6.16 Å². The number of carbonyl (C=O) groups is 1. The fraction of sp³-hybridized carbons (Fsp3) is 0.364. The largest absolute Gasteiger partial charge is 0.515 e. The van der Waals surface area contributed by atoms with Gasteiger partial charge in [0.1, 0.15) is 0 Å². The van der Waals surface area contributed by atoms with Crippen LogP contribution in [0.1, 0.15) is 19.8 Å². The molecule has 0 bridgehead atoms. The molecule has 0 aliphatic carbocycles. The topological polar surface area (TPSA) is 47.6 Å². The van der Waals surface area contributed by atoms with Gasteiger partial charge in [-0.25, -0.2) is 4.79 Å². The van der Waals surface area contributed by atoms with Crippen LogP contribution in [0.25, 0.3) is 0 Å². The number of rotatable bonds is 4. The van der Waals surface area contributed by atoms with Crippen LogP contribution in [-0.2, 0) is 9.47 Å². The molecule has 0 radical (unpaired) electrons. The Morgan fingerprint density at radius 1 is 1.40 bits per heavy atom. The van der Waals surface area contributed by atoms with Crippen LogP contribution in [0.15, 0.2) is 36.4 Å². The van der Waals surface area contributed by atoms with Gasteiger partial charge in [-0.1, -0.05) is 25.5 Å². The van der Waals surface area contributed by atoms with Gasteiger partial charge >= 0.3 is 6.16 Å². The summed E-state index contributed by atoms with van der Waals surface area (Å²) >= 11 is 0. The van der Waals surface area contributed by atoms with Gasteiger partial charge in [0.15, 0.2) is 0 Å². The van der Waals surface area contributed by atoms with E-state index in [0.29, 0.717) is 12.5 Å². The number of nitrogens with one attached hydrogen (secondary N) is 1. The summed E-state index contributed by atoms with van der Waals surface area (Å²) in [6.07, 6.45) is 9.88. The fourth-order valence-corrected chi connectivity index (χ4v) is 0.924. The predicted molar refractivity (Wildman–Crippen MR) is 56.8 cm³/mol. The lowest BCUT2D eigenvalue weighted by molar-refractivity contribution is 0.0731. The van der Waals surface area contributed by atoms with Gasteiger partial charge in [-0.15, -0.1) is 0 Å². The van der Waals surface area contributed by atoms with Gasteiger partial charge in [0.25, 0.3) is 0 Å². The predicted octanol–water partition coefficient (Wildman–Crippen LogP) is 2.45. The lowest BCUT2D eigenvalue weighted by Gasteiger charge is -2.07. The van der Waals surface area contributed by atoms with Crippen molar-refractivity contribution in [2.45, 2.75) is 19.8 Å². The third kappa shape index (κ3) is 4.90. The molecule has 1 aliphatic rings. The molecule has 0 saturated heterocycles. The maximum Gasteiger partial charge on any atom is 0.515 e. The zero-order chi connectivity index (χ0) is 10.9. The highest BCUT2D eigenvalue weighted by Gasteiger charge is 2.06. The SMILES string of the molecule is CCCCOC(=O)OC1=CC=CC=CN1. The molecule has 4 heteroatoms. The van der Waals surface area contributed by atoms with E-state index in [4.69, 9.17) is 9.47 Å². The minimum absolute atomic E-state index is 0.362. The lowest BCUT2D eigenvalue weighted by atomic mass is 10.4. The van der Waals surface area contributed by atoms with Gasteiger partial charge in [-0.2, -0.15) is 0 Å². The van der Waals surface area contributed by atoms with E-state index >= 15 is 0 Å². The third-order valence-electron chi connectivity index (χ3n) is 1.70. The van der Waals surface area contributed by atoms with E-state index in [0.717, 1.165) is 12.8 Å². The number of unbranched alkanes of at least 4 members (excludes halogenated alkanes) is 1. The van der Waals surface area contributed by atoms with Crippen LogP contribution in [0.5, 0.6) is 0 Å². The molecular formula is C11H15NO3. The maximum atomic E-state index is 11.1. The van der Waals surface area contributed by atoms with E-state index in [2.05, 4.69) is 5.32 Å². The molecule has 0 unspecified atom stereocenters. The van der Waals surface area contributed by atoms with Crippen LogP contribution in [-0.4, -0.2) is 12.8 Å². The first-order valence-electron chi connectivity index (χ1n) is 4.97. The molecule has 0 aromatic rings. The molecule has 1 aliphatic heterocycles. The Bertz CT molecular complexity index is 292. The van der Waals surface area contributed by atoms with E-state index in [-0.39, 0.29) is 0 Å². The zero-order valence-corrected chi connectivity index (χ0v) is 8.73. The van der Waals surface area contributed by atoms with E-state index in [1.807, 2.05) is 13.0 Å². The Balaban J connectivity index is 2.28. The van der Waals surface area contributed by atoms with Crippen molar-refractivity contribution in [3.8, 4) is 0 Å². The van der Waals surface area contributed by atoms with Crippen molar-refractivity contribution in [1.82, 2.24) is 5.32 Å². The Hall–Kier alpha value is -1.71. The zero-order valence-electron chi connectivity index (χ0n) is 8.73. The number of hydrogen-bond acceptors (Lipinski definition) is 4. The van der Waals surface area contributed by atoms with Crippen molar-refractivity contribution in [2.75, 3.05) is 6.61 Å². The summed E-state index contributed by atoms with van der Waals surface area (Å²) in [6.45, 7) is 2.42. The highest BCUT2D eigenvalue weighted by atomic mass is 16.7. The number of carbonyl (C=O) groups excluding carboxylic acids is 1. The van der Waals surface area contributed by atoms with Crippen molar-refractivity contribution < 1.29 is 14.3 Å². The van der Waals surface area contributed by atoms with Crippen molar-refractivity contribution in [1.29, 1.82) is 0 Å². The highest BCUT2D eigenvalue weighted by Crippen LogP contribution is 2.00. The van der Waals surface area contributed by atoms with Crippen molar-refractivity contribution in [3.63, 3.8) is 0 Å². The number of hydrogen-bond donors (Lipinski definition) is 1. The number of allylic oxidation sites excluding steroid dienone is 4. The van der Waals surface area contributed by atoms with E-state index in [1.165, 1.54) is 0 Å². The van der Waals surface area contributed by atoms with Crippen LogP contribution < -0.4 is 5.32 Å². The first-order chi connectivity index (χ1) is 7.33. The summed E-state index contributed by atoms with van der Waals surface area (Å²) in [7, 11) is 0. The Kier molecular flexibility index (Phi) is 5.08. The van der Waals surface area contributed by atoms with Crippen LogP contribution in [0.3, 0.4) is 0 Å². The highest BCUT2D eigenvalue weighted by molar-refractivity contribution is 5.61. The molecule has 1 rings (SSSR count). The lowest BCUT2D eigenvalue weighted by Crippen LogP contribution is -2.15. The standard InChI is InChI=1S/C11H15NO3/c1-2-3-9-14-11(13)15-10-7-5-4-6-8-12-10/h4-8,12H,2-3,9H2,1H3. The molecule has 0 fully saturated rings. The van der Waals surface area contributed by atoms with Crippen LogP contribution in [0, 0.1) is 0 Å². The second kappa shape index (κ2) is 6.70. The molecule has 1 heterocycles. The summed E-state index contributed by atoms with van der Waals surface area (Å²) in [5.74, 6) is 0.362. The van der Waals surface area contributed by atoms with Crippen LogP contribution >= 0.6 is 0 Å². The smallest absolute Gasteiger partial charge is 0.434 e. The minimum atomic E-state index is -0.675. The first-order valence-corrected chi connectivity index (χ1v) is 4.97. The average molecular weight is 209 g/mol. The van der Waals surface area contributed by atoms with Gasteiger partial charge in [0.05, 0.1) is 6.61 Å². The second-order valence-electron chi connectivity index (χ2n) is 2.97. The Morgan fingerprint density at radius 2 is 2.27 bits per heavy atom. The molecule has 82 valence electrons. The monoisotopic (exact) mass is 209 g/mol. The molecule has 0 atom stereocenters. The van der Waals surface area contributed by atoms with Crippen LogP contribution in [0.2, 0.25) is 0 Å². The average Bonchev–Trinajstić information content (AvgIpc) is 2.47. The van der Waals surface area contributed by atoms with Gasteiger partial charge in [-0.05, 0) is 18.6 Å². The van der Waals surface area contributed by atoms with Gasteiger partial charge in [-0.3, -0.25) is 0 Å². The quantitative estimate of drug-likeness (QED) is 0.570. The Morgan fingerprint density at radius 3 is 3.07 bits per heavy atom. The molecule has 0 aromatic heterocycles. The Labute approximate surface area is 89.3 Å². The third-order valence-corrected chi connectivity index (χ3v) is 1.70. The van der Waals surface area contributed by atoms with E-state index in [9.17, 15) is 4.79 Å². The molecule has 0 aromatic carbocycles. The van der Waals surface area contributed by atoms with Crippen LogP contribution in [0.4, 0.5) is 4.79 Å². The molecule has 0 spiro atoms.